The number of benzene rings is 1. The van der Waals surface area contributed by atoms with Crippen molar-refractivity contribution in [3.8, 4) is 0 Å². The van der Waals surface area contributed by atoms with Gasteiger partial charge in [-0.3, -0.25) is 0 Å². The average Bonchev–Trinajstić information content (AvgIpc) is 2.64. The predicted octanol–water partition coefficient (Wildman–Crippen LogP) is 2.93. The summed E-state index contributed by atoms with van der Waals surface area (Å²) in [7, 11) is -3.43. The quantitative estimate of drug-likeness (QED) is 0.861. The lowest BCUT2D eigenvalue weighted by atomic mass is 10.3. The van der Waals surface area contributed by atoms with Gasteiger partial charge in [0.2, 0.25) is 10.0 Å². The number of hydrogen-bond donors (Lipinski definition) is 1. The first-order valence-electron chi connectivity index (χ1n) is 5.41. The van der Waals surface area contributed by atoms with Crippen molar-refractivity contribution in [2.75, 3.05) is 0 Å². The Labute approximate surface area is 115 Å². The Bertz CT molecular complexity index is 489. The van der Waals surface area contributed by atoms with E-state index in [4.69, 9.17) is 11.6 Å². The highest BCUT2D eigenvalue weighted by Crippen LogP contribution is 2.27. The van der Waals surface area contributed by atoms with Crippen LogP contribution in [0, 0.1) is 0 Å². The van der Waals surface area contributed by atoms with Gasteiger partial charge in [-0.25, -0.2) is 13.1 Å². The van der Waals surface area contributed by atoms with Crippen LogP contribution in [0.25, 0.3) is 0 Å². The minimum absolute atomic E-state index is 0.0179. The molecule has 3 nitrogen and oxygen atoms in total. The second-order valence-electron chi connectivity index (χ2n) is 4.13. The van der Waals surface area contributed by atoms with E-state index >= 15 is 0 Å². The largest absolute Gasteiger partial charge is 0.240 e. The van der Waals surface area contributed by atoms with Crippen LogP contribution in [0.15, 0.2) is 29.2 Å². The lowest BCUT2D eigenvalue weighted by Gasteiger charge is -2.16. The van der Waals surface area contributed by atoms with E-state index in [0.29, 0.717) is 5.02 Å². The van der Waals surface area contributed by atoms with Crippen molar-refractivity contribution in [3.63, 3.8) is 0 Å². The van der Waals surface area contributed by atoms with Gasteiger partial charge in [0, 0.05) is 15.9 Å². The van der Waals surface area contributed by atoms with E-state index in [0.717, 1.165) is 19.3 Å². The molecule has 0 spiro atoms. The Morgan fingerprint density at radius 1 is 1.24 bits per heavy atom. The Balaban J connectivity index is 2.16. The van der Waals surface area contributed by atoms with Crippen molar-refractivity contribution in [1.29, 1.82) is 0 Å². The molecule has 2 unspecified atom stereocenters. The van der Waals surface area contributed by atoms with Crippen LogP contribution in [0.5, 0.6) is 0 Å². The topological polar surface area (TPSA) is 46.2 Å². The summed E-state index contributed by atoms with van der Waals surface area (Å²) in [6, 6.07) is 6.18. The predicted molar refractivity (Wildman–Crippen MR) is 72.1 cm³/mol. The number of nitrogens with one attached hydrogen (secondary N) is 1. The zero-order chi connectivity index (χ0) is 12.5. The van der Waals surface area contributed by atoms with Crippen LogP contribution in [0.3, 0.4) is 0 Å². The monoisotopic (exact) mass is 337 g/mol. The molecule has 0 aromatic heterocycles. The lowest BCUT2D eigenvalue weighted by Crippen LogP contribution is -2.37. The Morgan fingerprint density at radius 3 is 2.41 bits per heavy atom. The van der Waals surface area contributed by atoms with Crippen molar-refractivity contribution in [1.82, 2.24) is 4.72 Å². The maximum absolute atomic E-state index is 12.1. The zero-order valence-electron chi connectivity index (χ0n) is 9.07. The minimum atomic E-state index is -3.43. The molecule has 1 saturated carbocycles. The highest BCUT2D eigenvalue weighted by atomic mass is 79.9. The van der Waals surface area contributed by atoms with Crippen LogP contribution in [-0.4, -0.2) is 19.3 Å². The zero-order valence-corrected chi connectivity index (χ0v) is 12.2. The van der Waals surface area contributed by atoms with Crippen molar-refractivity contribution in [3.05, 3.63) is 29.3 Å². The number of halogens is 2. The summed E-state index contributed by atoms with van der Waals surface area (Å²) in [5.74, 6) is 0. The molecule has 0 radical (unpaired) electrons. The Morgan fingerprint density at radius 2 is 1.88 bits per heavy atom. The van der Waals surface area contributed by atoms with Gasteiger partial charge in [-0.05, 0) is 37.1 Å². The molecule has 1 aromatic carbocycles. The summed E-state index contributed by atoms with van der Waals surface area (Å²) in [5, 5.41) is 0.531. The van der Waals surface area contributed by atoms with Gasteiger partial charge in [0.05, 0.1) is 4.90 Å². The number of sulfonamides is 1. The van der Waals surface area contributed by atoms with Gasteiger partial charge in [-0.2, -0.15) is 0 Å². The first-order valence-corrected chi connectivity index (χ1v) is 8.19. The fraction of sp³-hybridized carbons (Fsp3) is 0.455. The van der Waals surface area contributed by atoms with Crippen LogP contribution >= 0.6 is 27.5 Å². The van der Waals surface area contributed by atoms with E-state index in [2.05, 4.69) is 20.7 Å². The minimum Gasteiger partial charge on any atom is -0.207 e. The highest BCUT2D eigenvalue weighted by molar-refractivity contribution is 9.09. The van der Waals surface area contributed by atoms with Gasteiger partial charge in [0.1, 0.15) is 0 Å². The average molecular weight is 339 g/mol. The van der Waals surface area contributed by atoms with Crippen LogP contribution in [0.2, 0.25) is 5.02 Å². The Hall–Kier alpha value is -0.100. The molecule has 1 aromatic rings. The van der Waals surface area contributed by atoms with E-state index in [9.17, 15) is 8.42 Å². The fourth-order valence-corrected chi connectivity index (χ4v) is 4.26. The van der Waals surface area contributed by atoms with E-state index in [1.807, 2.05) is 0 Å². The molecule has 1 aliphatic rings. The summed E-state index contributed by atoms with van der Waals surface area (Å²) < 4.78 is 26.9. The van der Waals surface area contributed by atoms with Crippen LogP contribution < -0.4 is 4.72 Å². The van der Waals surface area contributed by atoms with Gasteiger partial charge in [-0.1, -0.05) is 34.0 Å². The van der Waals surface area contributed by atoms with E-state index in [1.54, 1.807) is 12.1 Å². The van der Waals surface area contributed by atoms with Crippen molar-refractivity contribution in [2.45, 2.75) is 35.0 Å². The van der Waals surface area contributed by atoms with Gasteiger partial charge < -0.3 is 0 Å². The van der Waals surface area contributed by atoms with Gasteiger partial charge in [-0.15, -0.1) is 0 Å². The number of alkyl halides is 1. The van der Waals surface area contributed by atoms with Gasteiger partial charge >= 0.3 is 0 Å². The Kier molecular flexibility index (Phi) is 4.13. The van der Waals surface area contributed by atoms with E-state index in [1.165, 1.54) is 12.1 Å². The molecule has 0 heterocycles. The summed E-state index contributed by atoms with van der Waals surface area (Å²) in [4.78, 5) is 0.484. The summed E-state index contributed by atoms with van der Waals surface area (Å²) in [6.07, 6.45) is 2.93. The molecule has 2 rings (SSSR count). The maximum Gasteiger partial charge on any atom is 0.240 e. The molecule has 94 valence electrons. The molecule has 0 bridgehead atoms. The third kappa shape index (κ3) is 3.22. The highest BCUT2D eigenvalue weighted by Gasteiger charge is 2.29. The lowest BCUT2D eigenvalue weighted by molar-refractivity contribution is 0.556. The summed E-state index contributed by atoms with van der Waals surface area (Å²) >= 11 is 9.23. The smallest absolute Gasteiger partial charge is 0.207 e. The van der Waals surface area contributed by atoms with Gasteiger partial charge in [0.15, 0.2) is 0 Å². The molecule has 0 amide bonds. The number of rotatable bonds is 3. The molecule has 0 saturated heterocycles. The summed E-state index contributed by atoms with van der Waals surface area (Å²) in [5.41, 5.74) is 0. The molecule has 0 aliphatic heterocycles. The first kappa shape index (κ1) is 13.3. The van der Waals surface area contributed by atoms with Crippen molar-refractivity contribution >= 4 is 37.6 Å². The second-order valence-corrected chi connectivity index (χ2v) is 7.46. The first-order chi connectivity index (χ1) is 7.99. The van der Waals surface area contributed by atoms with Crippen molar-refractivity contribution < 1.29 is 8.42 Å². The molecule has 1 fully saturated rings. The normalized spacial score (nSPS) is 25.1. The molecule has 1 aliphatic carbocycles. The molecule has 17 heavy (non-hydrogen) atoms. The maximum atomic E-state index is 12.1. The van der Waals surface area contributed by atoms with Crippen LogP contribution in [0.4, 0.5) is 0 Å². The summed E-state index contributed by atoms with van der Waals surface area (Å²) in [6.45, 7) is 0. The molecule has 1 N–H and O–H groups in total. The van der Waals surface area contributed by atoms with E-state index < -0.39 is 10.0 Å². The third-order valence-corrected chi connectivity index (χ3v) is 5.72. The molecular weight excluding hydrogens is 326 g/mol. The van der Waals surface area contributed by atoms with Crippen LogP contribution in [0.1, 0.15) is 19.3 Å². The fourth-order valence-electron chi connectivity index (χ4n) is 1.93. The van der Waals surface area contributed by atoms with E-state index in [-0.39, 0.29) is 15.8 Å². The molecular formula is C11H13BrClNO2S. The molecule has 6 heteroatoms. The third-order valence-electron chi connectivity index (χ3n) is 2.86. The van der Waals surface area contributed by atoms with Crippen LogP contribution in [-0.2, 0) is 10.0 Å². The molecule has 2 atom stereocenters. The standard InChI is InChI=1S/C11H13BrClNO2S/c12-10-2-1-3-11(10)14-17(15,16)9-6-4-8(13)5-7-9/h4-7,10-11,14H,1-3H2. The SMILES string of the molecule is O=S(=O)(NC1CCCC1Br)c1ccc(Cl)cc1. The number of hydrogen-bond acceptors (Lipinski definition) is 2. The van der Waals surface area contributed by atoms with Gasteiger partial charge in [0.25, 0.3) is 0 Å². The van der Waals surface area contributed by atoms with Crippen molar-refractivity contribution in [2.24, 2.45) is 0 Å². The second kappa shape index (κ2) is 5.26.